The van der Waals surface area contributed by atoms with Crippen molar-refractivity contribution in [2.75, 3.05) is 25.1 Å². The minimum Gasteiger partial charge on any atom is -0.387 e. The van der Waals surface area contributed by atoms with E-state index in [0.29, 0.717) is 25.3 Å². The third-order valence-electron chi connectivity index (χ3n) is 5.42. The number of hydrogen-bond acceptors (Lipinski definition) is 6. The second kappa shape index (κ2) is 9.23. The number of anilines is 1. The zero-order valence-electron chi connectivity index (χ0n) is 17.0. The van der Waals surface area contributed by atoms with Crippen molar-refractivity contribution in [1.82, 2.24) is 20.1 Å². The number of aliphatic hydroxyl groups is 1. The summed E-state index contributed by atoms with van der Waals surface area (Å²) < 4.78 is 7.27. The summed E-state index contributed by atoms with van der Waals surface area (Å²) in [6, 6.07) is 9.50. The summed E-state index contributed by atoms with van der Waals surface area (Å²) in [5, 5.41) is 22.0. The lowest BCUT2D eigenvalue weighted by atomic mass is 10.1. The molecule has 3 aromatic rings. The molecule has 1 aliphatic rings. The number of aryl methyl sites for hydroxylation is 1. The second-order valence-electron chi connectivity index (χ2n) is 7.41. The van der Waals surface area contributed by atoms with E-state index in [9.17, 15) is 9.90 Å². The lowest BCUT2D eigenvalue weighted by Crippen LogP contribution is -2.32. The van der Waals surface area contributed by atoms with Crippen LogP contribution in [0.2, 0.25) is 0 Å². The Labute approximate surface area is 175 Å². The Morgan fingerprint density at radius 3 is 2.77 bits per heavy atom. The fourth-order valence-electron chi connectivity index (χ4n) is 3.71. The van der Waals surface area contributed by atoms with E-state index < -0.39 is 6.10 Å². The van der Waals surface area contributed by atoms with Gasteiger partial charge < -0.3 is 20.5 Å². The lowest BCUT2D eigenvalue weighted by molar-refractivity contribution is 0.0901. The van der Waals surface area contributed by atoms with Crippen LogP contribution in [0.1, 0.15) is 41.8 Å². The van der Waals surface area contributed by atoms with Crippen LogP contribution in [0.4, 0.5) is 5.69 Å². The van der Waals surface area contributed by atoms with E-state index in [0.717, 1.165) is 35.1 Å². The summed E-state index contributed by atoms with van der Waals surface area (Å²) in [6.07, 6.45) is 4.31. The predicted octanol–water partition coefficient (Wildman–Crippen LogP) is 2.51. The maximum Gasteiger partial charge on any atom is 0.255 e. The minimum absolute atomic E-state index is 0.117. The first kappa shape index (κ1) is 20.3. The van der Waals surface area contributed by atoms with Gasteiger partial charge in [0.15, 0.2) is 5.65 Å². The van der Waals surface area contributed by atoms with Crippen molar-refractivity contribution in [2.24, 2.45) is 0 Å². The van der Waals surface area contributed by atoms with Gasteiger partial charge >= 0.3 is 0 Å². The summed E-state index contributed by atoms with van der Waals surface area (Å²) in [4.78, 5) is 17.5. The molecule has 8 nitrogen and oxygen atoms in total. The van der Waals surface area contributed by atoms with E-state index in [1.165, 1.54) is 0 Å². The number of nitrogens with one attached hydrogen (secondary N) is 2. The molecule has 1 aromatic carbocycles. The normalized spacial score (nSPS) is 15.8. The van der Waals surface area contributed by atoms with Gasteiger partial charge in [0.05, 0.1) is 28.9 Å². The quantitative estimate of drug-likeness (QED) is 0.554. The SMILES string of the molecule is CCn1ncc2c(NC3CCOCC3)c(C(=O)NC[C@H](O)c3ccccc3)cnc21. The lowest BCUT2D eigenvalue weighted by Gasteiger charge is -2.25. The molecule has 0 saturated carbocycles. The minimum atomic E-state index is -0.776. The number of rotatable bonds is 7. The van der Waals surface area contributed by atoms with Gasteiger partial charge in [0.1, 0.15) is 0 Å². The molecular formula is C22H27N5O3. The van der Waals surface area contributed by atoms with Crippen molar-refractivity contribution in [3.63, 3.8) is 0 Å². The van der Waals surface area contributed by atoms with Crippen molar-refractivity contribution < 1.29 is 14.6 Å². The van der Waals surface area contributed by atoms with Crippen LogP contribution in [-0.2, 0) is 11.3 Å². The molecule has 30 heavy (non-hydrogen) atoms. The number of benzene rings is 1. The first-order valence-electron chi connectivity index (χ1n) is 10.4. The fraction of sp³-hybridized carbons (Fsp3) is 0.409. The van der Waals surface area contributed by atoms with Crippen LogP contribution < -0.4 is 10.6 Å². The Bertz CT molecular complexity index is 999. The number of aliphatic hydroxyl groups excluding tert-OH is 1. The maximum absolute atomic E-state index is 13.0. The Hall–Kier alpha value is -2.97. The van der Waals surface area contributed by atoms with Gasteiger partial charge in [-0.05, 0) is 25.3 Å². The van der Waals surface area contributed by atoms with Crippen LogP contribution in [0.5, 0.6) is 0 Å². The molecule has 1 amide bonds. The average Bonchev–Trinajstić information content (AvgIpc) is 3.22. The molecule has 1 saturated heterocycles. The number of carbonyl (C=O) groups excluding carboxylic acids is 1. The third-order valence-corrected chi connectivity index (χ3v) is 5.42. The van der Waals surface area contributed by atoms with Gasteiger partial charge in [-0.3, -0.25) is 4.79 Å². The van der Waals surface area contributed by atoms with Gasteiger partial charge in [-0.1, -0.05) is 30.3 Å². The summed E-state index contributed by atoms with van der Waals surface area (Å²) >= 11 is 0. The average molecular weight is 409 g/mol. The monoisotopic (exact) mass is 409 g/mol. The first-order chi connectivity index (χ1) is 14.7. The molecule has 158 valence electrons. The summed E-state index contributed by atoms with van der Waals surface area (Å²) in [7, 11) is 0. The molecule has 0 spiro atoms. The first-order valence-corrected chi connectivity index (χ1v) is 10.4. The van der Waals surface area contributed by atoms with Crippen LogP contribution in [0.3, 0.4) is 0 Å². The highest BCUT2D eigenvalue weighted by Crippen LogP contribution is 2.28. The highest BCUT2D eigenvalue weighted by molar-refractivity contribution is 6.06. The number of hydrogen-bond donors (Lipinski definition) is 3. The number of ether oxygens (including phenoxy) is 1. The van der Waals surface area contributed by atoms with Gasteiger partial charge in [0.2, 0.25) is 0 Å². The standard InChI is InChI=1S/C22H27N5O3/c1-2-27-21-17(13-25-27)20(26-16-8-10-30-11-9-16)18(12-23-21)22(29)24-14-19(28)15-6-4-3-5-7-15/h3-7,12-13,16,19,28H,2,8-11,14H2,1H3,(H,23,26)(H,24,29)/t19-/m0/s1. The van der Waals surface area contributed by atoms with Gasteiger partial charge in [-0.2, -0.15) is 5.10 Å². The van der Waals surface area contributed by atoms with E-state index >= 15 is 0 Å². The molecule has 3 N–H and O–H groups in total. The van der Waals surface area contributed by atoms with Gasteiger partial charge in [-0.25, -0.2) is 9.67 Å². The van der Waals surface area contributed by atoms with Gasteiger partial charge in [0.25, 0.3) is 5.91 Å². The van der Waals surface area contributed by atoms with Crippen molar-refractivity contribution in [3.05, 3.63) is 53.9 Å². The molecule has 1 atom stereocenters. The zero-order valence-corrected chi connectivity index (χ0v) is 17.0. The van der Waals surface area contributed by atoms with E-state index in [2.05, 4.69) is 20.7 Å². The Morgan fingerprint density at radius 2 is 2.03 bits per heavy atom. The molecule has 1 fully saturated rings. The van der Waals surface area contributed by atoms with Crippen LogP contribution in [-0.4, -0.2) is 51.6 Å². The molecule has 4 rings (SSSR count). The predicted molar refractivity (Wildman–Crippen MR) is 114 cm³/mol. The molecule has 2 aromatic heterocycles. The second-order valence-corrected chi connectivity index (χ2v) is 7.41. The van der Waals surface area contributed by atoms with E-state index in [1.54, 1.807) is 12.4 Å². The molecule has 8 heteroatoms. The van der Waals surface area contributed by atoms with Crippen molar-refractivity contribution in [2.45, 2.75) is 38.5 Å². The number of amides is 1. The van der Waals surface area contributed by atoms with Crippen LogP contribution >= 0.6 is 0 Å². The number of nitrogens with zero attached hydrogens (tertiary/aromatic N) is 3. The largest absolute Gasteiger partial charge is 0.387 e. The molecule has 0 bridgehead atoms. The van der Waals surface area contributed by atoms with Crippen molar-refractivity contribution in [1.29, 1.82) is 0 Å². The fourth-order valence-corrected chi connectivity index (χ4v) is 3.71. The van der Waals surface area contributed by atoms with Crippen molar-refractivity contribution >= 4 is 22.6 Å². The molecule has 1 aliphatic heterocycles. The molecule has 3 heterocycles. The van der Waals surface area contributed by atoms with Crippen LogP contribution in [0.15, 0.2) is 42.7 Å². The Kier molecular flexibility index (Phi) is 6.25. The summed E-state index contributed by atoms with van der Waals surface area (Å²) in [5.41, 5.74) is 2.69. The third kappa shape index (κ3) is 4.29. The molecule has 0 unspecified atom stereocenters. The van der Waals surface area contributed by atoms with Crippen LogP contribution in [0.25, 0.3) is 11.0 Å². The van der Waals surface area contributed by atoms with Crippen molar-refractivity contribution in [3.8, 4) is 0 Å². The number of fused-ring (bicyclic) bond motifs is 1. The zero-order chi connectivity index (χ0) is 20.9. The van der Waals surface area contributed by atoms with E-state index in [1.807, 2.05) is 41.9 Å². The Morgan fingerprint density at radius 1 is 1.27 bits per heavy atom. The summed E-state index contributed by atoms with van der Waals surface area (Å²) in [6.45, 7) is 4.22. The number of aromatic nitrogens is 3. The van der Waals surface area contributed by atoms with Crippen LogP contribution in [0, 0.1) is 0 Å². The molecular weight excluding hydrogens is 382 g/mol. The number of carbonyl (C=O) groups is 1. The van der Waals surface area contributed by atoms with E-state index in [-0.39, 0.29) is 18.5 Å². The highest BCUT2D eigenvalue weighted by Gasteiger charge is 2.22. The highest BCUT2D eigenvalue weighted by atomic mass is 16.5. The maximum atomic E-state index is 13.0. The summed E-state index contributed by atoms with van der Waals surface area (Å²) in [5.74, 6) is -0.279. The molecule has 0 radical (unpaired) electrons. The Balaban J connectivity index is 1.58. The molecule has 0 aliphatic carbocycles. The van der Waals surface area contributed by atoms with Gasteiger partial charge in [0, 0.05) is 38.5 Å². The topological polar surface area (TPSA) is 101 Å². The smallest absolute Gasteiger partial charge is 0.255 e. The number of pyridine rings is 1. The van der Waals surface area contributed by atoms with E-state index in [4.69, 9.17) is 4.74 Å². The van der Waals surface area contributed by atoms with Gasteiger partial charge in [-0.15, -0.1) is 0 Å².